The summed E-state index contributed by atoms with van der Waals surface area (Å²) in [5.74, 6) is -0.195. The molecule has 37 heavy (non-hydrogen) atoms. The van der Waals surface area contributed by atoms with Gasteiger partial charge in [-0.3, -0.25) is 9.20 Å². The molecule has 0 unspecified atom stereocenters. The molecule has 1 aromatic carbocycles. The van der Waals surface area contributed by atoms with Crippen LogP contribution in [0.15, 0.2) is 53.5 Å². The summed E-state index contributed by atoms with van der Waals surface area (Å²) >= 11 is 5.93. The minimum absolute atomic E-state index is 0.0324. The molecule has 6 rings (SSSR count). The number of hydrogen-bond donors (Lipinski definition) is 2. The largest absolute Gasteiger partial charge is 0.476 e. The normalized spacial score (nSPS) is 15.6. The Hall–Kier alpha value is -3.91. The molecule has 4 aromatic rings. The van der Waals surface area contributed by atoms with Crippen LogP contribution >= 0.6 is 11.6 Å². The minimum Gasteiger partial charge on any atom is -0.476 e. The topological polar surface area (TPSA) is 99.8 Å². The lowest BCUT2D eigenvalue weighted by Crippen LogP contribution is -2.28. The van der Waals surface area contributed by atoms with Crippen molar-refractivity contribution in [2.45, 2.75) is 51.7 Å². The van der Waals surface area contributed by atoms with Gasteiger partial charge in [0.05, 0.1) is 17.3 Å². The van der Waals surface area contributed by atoms with E-state index in [9.17, 15) is 14.7 Å². The van der Waals surface area contributed by atoms with Gasteiger partial charge in [0.2, 0.25) is 0 Å². The van der Waals surface area contributed by atoms with Gasteiger partial charge < -0.3 is 15.3 Å². The van der Waals surface area contributed by atoms with Crippen LogP contribution in [-0.2, 0) is 13.1 Å². The molecule has 0 radical (unpaired) electrons. The van der Waals surface area contributed by atoms with Gasteiger partial charge in [-0.05, 0) is 67.5 Å². The molecule has 1 saturated carbocycles. The van der Waals surface area contributed by atoms with Crippen LogP contribution in [0.3, 0.4) is 0 Å². The molecule has 0 saturated heterocycles. The van der Waals surface area contributed by atoms with Crippen molar-refractivity contribution in [3.05, 3.63) is 97.7 Å². The van der Waals surface area contributed by atoms with Crippen LogP contribution in [0.4, 0.5) is 11.5 Å². The van der Waals surface area contributed by atoms with E-state index in [0.29, 0.717) is 24.4 Å². The average molecular weight is 516 g/mol. The third kappa shape index (κ3) is 4.21. The van der Waals surface area contributed by atoms with Gasteiger partial charge in [-0.15, -0.1) is 0 Å². The summed E-state index contributed by atoms with van der Waals surface area (Å²) in [6.07, 6.45) is 3.83. The van der Waals surface area contributed by atoms with E-state index in [4.69, 9.17) is 16.6 Å². The van der Waals surface area contributed by atoms with Crippen LogP contribution in [0.1, 0.15) is 70.0 Å². The maximum absolute atomic E-state index is 13.9. The smallest absolute Gasteiger partial charge is 0.356 e. The lowest BCUT2D eigenvalue weighted by atomic mass is 10.1. The number of carboxylic acids is 1. The molecular formula is C28H26ClN5O3. The van der Waals surface area contributed by atoms with Gasteiger partial charge in [0.25, 0.3) is 5.56 Å². The first-order valence-corrected chi connectivity index (χ1v) is 12.7. The Balaban J connectivity index is 1.48. The molecule has 1 fully saturated rings. The summed E-state index contributed by atoms with van der Waals surface area (Å²) in [5, 5.41) is 13.0. The SMILES string of the molecule is Cc1cc([C@@H](C)Nc2ccc(Cl)nc2C(=O)O)c2nc(N3Cc4ccccc4C3)c(C3CC3)c(=O)n2c1. The van der Waals surface area contributed by atoms with Gasteiger partial charge in [-0.25, -0.2) is 14.8 Å². The maximum Gasteiger partial charge on any atom is 0.356 e. The Kier molecular flexibility index (Phi) is 5.64. The number of aromatic carboxylic acids is 1. The third-order valence-electron chi connectivity index (χ3n) is 7.13. The molecule has 0 bridgehead atoms. The van der Waals surface area contributed by atoms with E-state index in [1.54, 1.807) is 16.5 Å². The number of anilines is 2. The van der Waals surface area contributed by atoms with E-state index in [2.05, 4.69) is 27.3 Å². The molecule has 1 atom stereocenters. The highest BCUT2D eigenvalue weighted by atomic mass is 35.5. The zero-order valence-corrected chi connectivity index (χ0v) is 21.3. The lowest BCUT2D eigenvalue weighted by Gasteiger charge is -2.23. The average Bonchev–Trinajstić information content (AvgIpc) is 3.61. The van der Waals surface area contributed by atoms with Crippen molar-refractivity contribution in [2.75, 3.05) is 10.2 Å². The summed E-state index contributed by atoms with van der Waals surface area (Å²) < 4.78 is 1.65. The number of hydrogen-bond acceptors (Lipinski definition) is 6. The van der Waals surface area contributed by atoms with E-state index < -0.39 is 5.97 Å². The third-order valence-corrected chi connectivity index (χ3v) is 7.34. The summed E-state index contributed by atoms with van der Waals surface area (Å²) in [5.41, 5.74) is 5.71. The number of carboxylic acid groups (broad SMARTS) is 1. The van der Waals surface area contributed by atoms with Crippen molar-refractivity contribution in [2.24, 2.45) is 0 Å². The van der Waals surface area contributed by atoms with Gasteiger partial charge in [0.1, 0.15) is 16.6 Å². The van der Waals surface area contributed by atoms with Crippen molar-refractivity contribution in [1.29, 1.82) is 0 Å². The Labute approximate surface area is 218 Å². The molecule has 0 amide bonds. The zero-order chi connectivity index (χ0) is 25.8. The van der Waals surface area contributed by atoms with E-state index >= 15 is 0 Å². The summed E-state index contributed by atoms with van der Waals surface area (Å²) in [6.45, 7) is 5.29. The molecule has 2 aliphatic rings. The van der Waals surface area contributed by atoms with Gasteiger partial charge in [-0.1, -0.05) is 35.9 Å². The van der Waals surface area contributed by atoms with Gasteiger partial charge in [0.15, 0.2) is 5.69 Å². The number of benzene rings is 1. The van der Waals surface area contributed by atoms with Gasteiger partial charge >= 0.3 is 5.97 Å². The van der Waals surface area contributed by atoms with E-state index in [0.717, 1.165) is 35.3 Å². The standard InChI is InChI=1S/C28H26ClN5O3/c1-15-11-20(16(2)30-21-9-10-22(29)31-24(21)28(36)37)25-32-26(23(17-7-8-17)27(35)34(25)12-15)33-13-18-5-3-4-6-19(18)14-33/h3-6,9-12,16-17,30H,7-8,13-14H2,1-2H3,(H,36,37)/t16-/m1/s1. The minimum atomic E-state index is -1.18. The number of carbonyl (C=O) groups is 1. The van der Waals surface area contributed by atoms with Crippen LogP contribution in [0.2, 0.25) is 5.15 Å². The van der Waals surface area contributed by atoms with Crippen LogP contribution in [0, 0.1) is 6.92 Å². The first-order valence-electron chi connectivity index (χ1n) is 12.3. The highest BCUT2D eigenvalue weighted by molar-refractivity contribution is 6.29. The fourth-order valence-electron chi connectivity index (χ4n) is 5.21. The first kappa shape index (κ1) is 23.5. The van der Waals surface area contributed by atoms with Gasteiger partial charge in [-0.2, -0.15) is 0 Å². The van der Waals surface area contributed by atoms with Crippen molar-refractivity contribution in [3.8, 4) is 0 Å². The second-order valence-electron chi connectivity index (χ2n) is 9.92. The van der Waals surface area contributed by atoms with E-state index in [1.807, 2.05) is 38.2 Å². The Morgan fingerprint density at radius 2 is 1.84 bits per heavy atom. The maximum atomic E-state index is 13.9. The molecular weight excluding hydrogens is 490 g/mol. The predicted octanol–water partition coefficient (Wildman–Crippen LogP) is 5.32. The van der Waals surface area contributed by atoms with Crippen LogP contribution in [0.25, 0.3) is 5.65 Å². The number of halogens is 1. The highest BCUT2D eigenvalue weighted by Gasteiger charge is 2.34. The summed E-state index contributed by atoms with van der Waals surface area (Å²) in [6, 6.07) is 13.1. The fraction of sp³-hybridized carbons (Fsp3) is 0.286. The number of aromatic nitrogens is 3. The second kappa shape index (κ2) is 8.88. The Morgan fingerprint density at radius 1 is 1.14 bits per heavy atom. The number of fused-ring (bicyclic) bond motifs is 2. The number of aryl methyl sites for hydroxylation is 1. The van der Waals surface area contributed by atoms with E-state index in [-0.39, 0.29) is 28.4 Å². The Bertz CT molecular complexity index is 1600. The molecule has 2 N–H and O–H groups in total. The van der Waals surface area contributed by atoms with Crippen molar-refractivity contribution in [3.63, 3.8) is 0 Å². The van der Waals surface area contributed by atoms with Crippen LogP contribution in [0.5, 0.6) is 0 Å². The quantitative estimate of drug-likeness (QED) is 0.335. The Morgan fingerprint density at radius 3 is 2.49 bits per heavy atom. The van der Waals surface area contributed by atoms with Crippen molar-refractivity contribution >= 4 is 34.7 Å². The molecule has 1 aliphatic heterocycles. The molecule has 9 heteroatoms. The predicted molar refractivity (Wildman–Crippen MR) is 143 cm³/mol. The summed E-state index contributed by atoms with van der Waals surface area (Å²) in [4.78, 5) is 37.0. The summed E-state index contributed by atoms with van der Waals surface area (Å²) in [7, 11) is 0. The van der Waals surface area contributed by atoms with Crippen LogP contribution in [-0.4, -0.2) is 25.4 Å². The lowest BCUT2D eigenvalue weighted by molar-refractivity contribution is 0.0691. The van der Waals surface area contributed by atoms with Crippen LogP contribution < -0.4 is 15.8 Å². The van der Waals surface area contributed by atoms with Crippen molar-refractivity contribution in [1.82, 2.24) is 14.4 Å². The molecule has 8 nitrogen and oxygen atoms in total. The number of rotatable bonds is 6. The fourth-order valence-corrected chi connectivity index (χ4v) is 5.36. The zero-order valence-electron chi connectivity index (χ0n) is 20.5. The molecule has 0 spiro atoms. The number of pyridine rings is 2. The number of nitrogens with one attached hydrogen (secondary N) is 1. The molecule has 1 aliphatic carbocycles. The number of nitrogens with zero attached hydrogens (tertiary/aromatic N) is 4. The molecule has 4 heterocycles. The highest BCUT2D eigenvalue weighted by Crippen LogP contribution is 2.43. The molecule has 3 aromatic heterocycles. The monoisotopic (exact) mass is 515 g/mol. The van der Waals surface area contributed by atoms with Crippen molar-refractivity contribution < 1.29 is 9.90 Å². The van der Waals surface area contributed by atoms with E-state index in [1.165, 1.54) is 11.1 Å². The van der Waals surface area contributed by atoms with Gasteiger partial charge in [0, 0.05) is 24.8 Å². The molecule has 188 valence electrons. The second-order valence-corrected chi connectivity index (χ2v) is 10.3. The first-order chi connectivity index (χ1) is 17.8.